The van der Waals surface area contributed by atoms with E-state index < -0.39 is 0 Å². The molecule has 0 radical (unpaired) electrons. The number of likely N-dealkylation sites (tertiary alicyclic amines) is 1. The molecule has 0 amide bonds. The van der Waals surface area contributed by atoms with Crippen LogP contribution >= 0.6 is 0 Å². The maximum Gasteiger partial charge on any atom is 0.0637 e. The van der Waals surface area contributed by atoms with Crippen molar-refractivity contribution in [1.29, 1.82) is 0 Å². The Morgan fingerprint density at radius 1 is 1.17 bits per heavy atom. The first-order valence-corrected chi connectivity index (χ1v) is 7.90. The molecule has 2 unspecified atom stereocenters. The van der Waals surface area contributed by atoms with Crippen molar-refractivity contribution in [1.82, 2.24) is 10.2 Å². The lowest BCUT2D eigenvalue weighted by molar-refractivity contribution is -0.0148. The van der Waals surface area contributed by atoms with Crippen LogP contribution in [-0.2, 0) is 4.74 Å². The Kier molecular flexibility index (Phi) is 5.93. The van der Waals surface area contributed by atoms with E-state index in [0.717, 1.165) is 25.7 Å². The number of nitrogens with zero attached hydrogens (tertiary/aromatic N) is 1. The van der Waals surface area contributed by atoms with Gasteiger partial charge in [0.1, 0.15) is 0 Å². The van der Waals surface area contributed by atoms with E-state index in [-0.39, 0.29) is 0 Å². The zero-order chi connectivity index (χ0) is 12.8. The van der Waals surface area contributed by atoms with Gasteiger partial charge in [-0.15, -0.1) is 0 Å². The summed E-state index contributed by atoms with van der Waals surface area (Å²) in [6.45, 7) is 10.0. The summed E-state index contributed by atoms with van der Waals surface area (Å²) in [4.78, 5) is 2.68. The van der Waals surface area contributed by atoms with Gasteiger partial charge in [-0.25, -0.2) is 0 Å². The molecule has 2 heterocycles. The highest BCUT2D eigenvalue weighted by molar-refractivity contribution is 4.89. The minimum Gasteiger partial charge on any atom is -0.380 e. The van der Waals surface area contributed by atoms with E-state index in [4.69, 9.17) is 4.74 Å². The number of likely N-dealkylation sites (N-methyl/N-ethyl adjacent to an activating group) is 1. The van der Waals surface area contributed by atoms with E-state index in [9.17, 15) is 0 Å². The first kappa shape index (κ1) is 14.3. The molecule has 1 N–H and O–H groups in total. The summed E-state index contributed by atoms with van der Waals surface area (Å²) < 4.78 is 5.70. The average Bonchev–Trinajstić information content (AvgIpc) is 2.41. The van der Waals surface area contributed by atoms with Crippen molar-refractivity contribution in [2.75, 3.05) is 32.8 Å². The molecule has 3 heteroatoms. The van der Waals surface area contributed by atoms with Crippen molar-refractivity contribution < 1.29 is 4.74 Å². The third kappa shape index (κ3) is 3.69. The fourth-order valence-corrected chi connectivity index (χ4v) is 3.56. The van der Waals surface area contributed by atoms with Gasteiger partial charge in [0.25, 0.3) is 0 Å². The monoisotopic (exact) mass is 254 g/mol. The molecule has 0 bridgehead atoms. The lowest BCUT2D eigenvalue weighted by atomic mass is 9.90. The van der Waals surface area contributed by atoms with Crippen LogP contribution in [0.4, 0.5) is 0 Å². The maximum absolute atomic E-state index is 5.70. The molecule has 2 aliphatic heterocycles. The van der Waals surface area contributed by atoms with Gasteiger partial charge < -0.3 is 10.1 Å². The predicted molar refractivity (Wildman–Crippen MR) is 75.9 cm³/mol. The summed E-state index contributed by atoms with van der Waals surface area (Å²) in [5.74, 6) is 0.980. The molecule has 3 nitrogen and oxygen atoms in total. The molecular weight excluding hydrogens is 224 g/mol. The second kappa shape index (κ2) is 7.46. The number of hydrogen-bond donors (Lipinski definition) is 1. The molecule has 2 fully saturated rings. The van der Waals surface area contributed by atoms with Gasteiger partial charge in [0.15, 0.2) is 0 Å². The number of piperidine rings is 1. The van der Waals surface area contributed by atoms with Crippen LogP contribution in [0.2, 0.25) is 0 Å². The smallest absolute Gasteiger partial charge is 0.0637 e. The van der Waals surface area contributed by atoms with Crippen molar-refractivity contribution in [3.05, 3.63) is 0 Å². The SMILES string of the molecule is CCCC1CCN(C2COCCC2NCC)CC1. The lowest BCUT2D eigenvalue weighted by Crippen LogP contribution is -2.57. The molecule has 106 valence electrons. The van der Waals surface area contributed by atoms with Gasteiger partial charge in [0, 0.05) is 18.7 Å². The summed E-state index contributed by atoms with van der Waals surface area (Å²) >= 11 is 0. The molecule has 0 aromatic carbocycles. The van der Waals surface area contributed by atoms with Crippen LogP contribution in [0.1, 0.15) is 46.0 Å². The van der Waals surface area contributed by atoms with E-state index in [1.807, 2.05) is 0 Å². The van der Waals surface area contributed by atoms with Gasteiger partial charge in [0.05, 0.1) is 6.61 Å². The highest BCUT2D eigenvalue weighted by Gasteiger charge is 2.32. The van der Waals surface area contributed by atoms with Gasteiger partial charge in [-0.1, -0.05) is 26.7 Å². The third-order valence-corrected chi connectivity index (χ3v) is 4.61. The largest absolute Gasteiger partial charge is 0.380 e. The Balaban J connectivity index is 1.82. The molecule has 2 saturated heterocycles. The Hall–Kier alpha value is -0.120. The van der Waals surface area contributed by atoms with Crippen LogP contribution in [0.5, 0.6) is 0 Å². The Labute approximate surface area is 112 Å². The van der Waals surface area contributed by atoms with E-state index >= 15 is 0 Å². The second-order valence-electron chi connectivity index (χ2n) is 5.86. The number of ether oxygens (including phenoxy) is 1. The highest BCUT2D eigenvalue weighted by atomic mass is 16.5. The van der Waals surface area contributed by atoms with Crippen molar-refractivity contribution in [2.24, 2.45) is 5.92 Å². The van der Waals surface area contributed by atoms with Gasteiger partial charge >= 0.3 is 0 Å². The molecule has 0 aromatic rings. The second-order valence-corrected chi connectivity index (χ2v) is 5.86. The fourth-order valence-electron chi connectivity index (χ4n) is 3.56. The molecule has 18 heavy (non-hydrogen) atoms. The summed E-state index contributed by atoms with van der Waals surface area (Å²) in [5, 5.41) is 3.65. The van der Waals surface area contributed by atoms with Crippen molar-refractivity contribution in [3.8, 4) is 0 Å². The Bertz CT molecular complexity index is 225. The fraction of sp³-hybridized carbons (Fsp3) is 1.00. The van der Waals surface area contributed by atoms with E-state index in [1.54, 1.807) is 0 Å². The molecule has 0 aromatic heterocycles. The highest BCUT2D eigenvalue weighted by Crippen LogP contribution is 2.25. The first-order chi connectivity index (χ1) is 8.85. The topological polar surface area (TPSA) is 24.5 Å². The Morgan fingerprint density at radius 2 is 1.94 bits per heavy atom. The molecule has 2 aliphatic rings. The first-order valence-electron chi connectivity index (χ1n) is 7.90. The average molecular weight is 254 g/mol. The molecule has 2 rings (SSSR count). The van der Waals surface area contributed by atoms with Crippen LogP contribution in [-0.4, -0.2) is 49.8 Å². The summed E-state index contributed by atoms with van der Waals surface area (Å²) in [5.41, 5.74) is 0. The standard InChI is InChI=1S/C15H30N2O/c1-3-5-13-6-9-17(10-7-13)15-12-18-11-8-14(15)16-4-2/h13-16H,3-12H2,1-2H3. The van der Waals surface area contributed by atoms with Crippen LogP contribution in [0.15, 0.2) is 0 Å². The van der Waals surface area contributed by atoms with Gasteiger partial charge in [0.2, 0.25) is 0 Å². The van der Waals surface area contributed by atoms with E-state index in [2.05, 4.69) is 24.1 Å². The summed E-state index contributed by atoms with van der Waals surface area (Å²) in [7, 11) is 0. The van der Waals surface area contributed by atoms with Gasteiger partial charge in [-0.05, 0) is 44.8 Å². The molecule has 0 spiro atoms. The molecule has 0 aliphatic carbocycles. The van der Waals surface area contributed by atoms with Crippen LogP contribution in [0, 0.1) is 5.92 Å². The molecule has 0 saturated carbocycles. The van der Waals surface area contributed by atoms with E-state index in [0.29, 0.717) is 12.1 Å². The number of nitrogens with one attached hydrogen (secondary N) is 1. The summed E-state index contributed by atoms with van der Waals surface area (Å²) in [6, 6.07) is 1.26. The Morgan fingerprint density at radius 3 is 2.61 bits per heavy atom. The van der Waals surface area contributed by atoms with Crippen molar-refractivity contribution in [3.63, 3.8) is 0 Å². The normalized spacial score (nSPS) is 31.7. The van der Waals surface area contributed by atoms with Crippen LogP contribution < -0.4 is 5.32 Å². The minimum atomic E-state index is 0.612. The molecule has 2 atom stereocenters. The van der Waals surface area contributed by atoms with Gasteiger partial charge in [-0.2, -0.15) is 0 Å². The van der Waals surface area contributed by atoms with Gasteiger partial charge in [-0.3, -0.25) is 4.90 Å². The quantitative estimate of drug-likeness (QED) is 0.814. The minimum absolute atomic E-state index is 0.612. The zero-order valence-corrected chi connectivity index (χ0v) is 12.2. The molecular formula is C15H30N2O. The summed E-state index contributed by atoms with van der Waals surface area (Å²) in [6.07, 6.45) is 6.72. The third-order valence-electron chi connectivity index (χ3n) is 4.61. The maximum atomic E-state index is 5.70. The van der Waals surface area contributed by atoms with Crippen molar-refractivity contribution >= 4 is 0 Å². The van der Waals surface area contributed by atoms with Crippen LogP contribution in [0.25, 0.3) is 0 Å². The predicted octanol–water partition coefficient (Wildman–Crippen LogP) is 2.27. The van der Waals surface area contributed by atoms with E-state index in [1.165, 1.54) is 45.2 Å². The zero-order valence-electron chi connectivity index (χ0n) is 12.2. The lowest BCUT2D eigenvalue weighted by Gasteiger charge is -2.43. The van der Waals surface area contributed by atoms with Crippen molar-refractivity contribution in [2.45, 2.75) is 58.0 Å². The number of rotatable bonds is 5. The van der Waals surface area contributed by atoms with Crippen LogP contribution in [0.3, 0.4) is 0 Å². The number of hydrogen-bond acceptors (Lipinski definition) is 3.